The first kappa shape index (κ1) is 21.7. The maximum absolute atomic E-state index is 12.5. The van der Waals surface area contributed by atoms with E-state index in [1.54, 1.807) is 13.2 Å². The number of methoxy groups -OCH3 is 1. The molecule has 32 heavy (non-hydrogen) atoms. The number of ether oxygens (including phenoxy) is 2. The first-order chi connectivity index (χ1) is 15.6. The lowest BCUT2D eigenvalue weighted by molar-refractivity contribution is -0.111. The summed E-state index contributed by atoms with van der Waals surface area (Å²) in [6.07, 6.45) is 3.25. The van der Waals surface area contributed by atoms with Crippen molar-refractivity contribution in [2.75, 3.05) is 12.4 Å². The quantitative estimate of drug-likeness (QED) is 0.290. The topological polar surface area (TPSA) is 47.6 Å². The fraction of sp³-hybridized carbons (Fsp3) is 0.0741. The van der Waals surface area contributed by atoms with Crippen molar-refractivity contribution in [2.24, 2.45) is 0 Å². The first-order valence-corrected chi connectivity index (χ1v) is 10.9. The zero-order valence-corrected chi connectivity index (χ0v) is 19.1. The number of fused-ring (bicyclic) bond motifs is 1. The summed E-state index contributed by atoms with van der Waals surface area (Å²) in [6, 6.07) is 27.5. The molecule has 4 rings (SSSR count). The molecule has 4 nitrogen and oxygen atoms in total. The largest absolute Gasteiger partial charge is 0.493 e. The zero-order chi connectivity index (χ0) is 22.3. The van der Waals surface area contributed by atoms with Crippen LogP contribution in [0.1, 0.15) is 11.1 Å². The number of carbonyl (C=O) groups excluding carboxylic acids is 1. The van der Waals surface area contributed by atoms with Gasteiger partial charge in [-0.25, -0.2) is 0 Å². The van der Waals surface area contributed by atoms with E-state index in [-0.39, 0.29) is 5.91 Å². The minimum absolute atomic E-state index is 0.208. The Balaban J connectivity index is 1.48. The van der Waals surface area contributed by atoms with Gasteiger partial charge < -0.3 is 14.8 Å². The van der Waals surface area contributed by atoms with E-state index in [2.05, 4.69) is 21.2 Å². The SMILES string of the molecule is COc1cc(C=CC(=O)Nc2cccc3ccccc23)cc(Br)c1OCc1ccccc1. The second kappa shape index (κ2) is 10.2. The average molecular weight is 488 g/mol. The third kappa shape index (κ3) is 5.18. The lowest BCUT2D eigenvalue weighted by Crippen LogP contribution is -2.08. The van der Waals surface area contributed by atoms with Crippen molar-refractivity contribution in [3.05, 3.63) is 107 Å². The summed E-state index contributed by atoms with van der Waals surface area (Å²) in [5, 5.41) is 5.03. The van der Waals surface area contributed by atoms with Gasteiger partial charge in [0, 0.05) is 17.1 Å². The molecule has 4 aromatic rings. The van der Waals surface area contributed by atoms with E-state index in [1.165, 1.54) is 6.08 Å². The van der Waals surface area contributed by atoms with Gasteiger partial charge in [-0.3, -0.25) is 4.79 Å². The van der Waals surface area contributed by atoms with Gasteiger partial charge in [0.15, 0.2) is 11.5 Å². The van der Waals surface area contributed by atoms with Crippen LogP contribution in [-0.4, -0.2) is 13.0 Å². The Labute approximate surface area is 195 Å². The molecule has 0 saturated heterocycles. The fourth-order valence-electron chi connectivity index (χ4n) is 3.39. The summed E-state index contributed by atoms with van der Waals surface area (Å²) in [5.74, 6) is 0.999. The van der Waals surface area contributed by atoms with Crippen molar-refractivity contribution in [2.45, 2.75) is 6.61 Å². The number of halogens is 1. The van der Waals surface area contributed by atoms with Crippen molar-refractivity contribution < 1.29 is 14.3 Å². The van der Waals surface area contributed by atoms with Crippen LogP contribution in [-0.2, 0) is 11.4 Å². The van der Waals surface area contributed by atoms with Gasteiger partial charge in [0.2, 0.25) is 5.91 Å². The third-order valence-corrected chi connectivity index (χ3v) is 5.54. The van der Waals surface area contributed by atoms with Crippen LogP contribution in [0.25, 0.3) is 16.8 Å². The number of hydrogen-bond donors (Lipinski definition) is 1. The summed E-state index contributed by atoms with van der Waals surface area (Å²) < 4.78 is 12.2. The van der Waals surface area contributed by atoms with Crippen molar-refractivity contribution in [1.82, 2.24) is 0 Å². The minimum Gasteiger partial charge on any atom is -0.493 e. The highest BCUT2D eigenvalue weighted by molar-refractivity contribution is 9.10. The van der Waals surface area contributed by atoms with Gasteiger partial charge in [-0.1, -0.05) is 66.7 Å². The summed E-state index contributed by atoms with van der Waals surface area (Å²) in [7, 11) is 1.60. The molecule has 1 amide bonds. The number of amides is 1. The number of anilines is 1. The second-order valence-electron chi connectivity index (χ2n) is 7.16. The summed E-state index contributed by atoms with van der Waals surface area (Å²) in [4.78, 5) is 12.5. The van der Waals surface area contributed by atoms with Gasteiger partial charge in [0.1, 0.15) is 6.61 Å². The van der Waals surface area contributed by atoms with E-state index in [0.717, 1.165) is 32.1 Å². The number of rotatable bonds is 7. The predicted octanol–water partition coefficient (Wildman–Crippen LogP) is 6.84. The van der Waals surface area contributed by atoms with Gasteiger partial charge in [-0.2, -0.15) is 0 Å². The van der Waals surface area contributed by atoms with Crippen molar-refractivity contribution in [3.8, 4) is 11.5 Å². The molecule has 0 spiro atoms. The molecule has 0 fully saturated rings. The molecule has 1 N–H and O–H groups in total. The second-order valence-corrected chi connectivity index (χ2v) is 8.01. The highest BCUT2D eigenvalue weighted by Gasteiger charge is 2.12. The molecule has 0 radical (unpaired) electrons. The Hall–Kier alpha value is -3.57. The van der Waals surface area contributed by atoms with E-state index in [4.69, 9.17) is 9.47 Å². The van der Waals surface area contributed by atoms with Crippen LogP contribution in [0.5, 0.6) is 11.5 Å². The number of nitrogens with one attached hydrogen (secondary N) is 1. The number of hydrogen-bond acceptors (Lipinski definition) is 3. The van der Waals surface area contributed by atoms with Crippen LogP contribution in [0, 0.1) is 0 Å². The van der Waals surface area contributed by atoms with E-state index >= 15 is 0 Å². The Kier molecular flexibility index (Phi) is 6.87. The molecule has 0 aliphatic heterocycles. The highest BCUT2D eigenvalue weighted by atomic mass is 79.9. The number of benzene rings is 4. The highest BCUT2D eigenvalue weighted by Crippen LogP contribution is 2.37. The van der Waals surface area contributed by atoms with Crippen LogP contribution in [0.2, 0.25) is 0 Å². The van der Waals surface area contributed by atoms with Gasteiger partial charge in [-0.05, 0) is 56.7 Å². The summed E-state index contributed by atoms with van der Waals surface area (Å²) in [5.41, 5.74) is 2.66. The molecule has 0 atom stereocenters. The van der Waals surface area contributed by atoms with Crippen LogP contribution >= 0.6 is 15.9 Å². The lowest BCUT2D eigenvalue weighted by atomic mass is 10.1. The molecule has 0 bridgehead atoms. The van der Waals surface area contributed by atoms with E-state index < -0.39 is 0 Å². The molecule has 0 unspecified atom stereocenters. The molecule has 0 heterocycles. The van der Waals surface area contributed by atoms with Gasteiger partial charge in [0.05, 0.1) is 11.6 Å². The van der Waals surface area contributed by atoms with E-state index in [9.17, 15) is 4.79 Å². The zero-order valence-electron chi connectivity index (χ0n) is 17.5. The molecule has 5 heteroatoms. The van der Waals surface area contributed by atoms with Crippen LogP contribution < -0.4 is 14.8 Å². The lowest BCUT2D eigenvalue weighted by Gasteiger charge is -2.13. The van der Waals surface area contributed by atoms with Gasteiger partial charge in [0.25, 0.3) is 0 Å². The normalized spacial score (nSPS) is 10.9. The molecule has 160 valence electrons. The molecular weight excluding hydrogens is 466 g/mol. The third-order valence-electron chi connectivity index (χ3n) is 4.95. The Morgan fingerprint density at radius 2 is 1.72 bits per heavy atom. The molecule has 0 aromatic heterocycles. The maximum Gasteiger partial charge on any atom is 0.248 e. The number of carbonyl (C=O) groups is 1. The Morgan fingerprint density at radius 3 is 2.53 bits per heavy atom. The Bertz CT molecular complexity index is 1260. The van der Waals surface area contributed by atoms with Crippen molar-refractivity contribution in [1.29, 1.82) is 0 Å². The molecule has 0 aliphatic carbocycles. The summed E-state index contributed by atoms with van der Waals surface area (Å²) in [6.45, 7) is 0.429. The van der Waals surface area contributed by atoms with Gasteiger partial charge in [-0.15, -0.1) is 0 Å². The monoisotopic (exact) mass is 487 g/mol. The first-order valence-electron chi connectivity index (χ1n) is 10.1. The average Bonchev–Trinajstić information content (AvgIpc) is 2.82. The van der Waals surface area contributed by atoms with Crippen LogP contribution in [0.4, 0.5) is 5.69 Å². The van der Waals surface area contributed by atoms with Crippen molar-refractivity contribution >= 4 is 44.4 Å². The molecular formula is C27H22BrNO3. The van der Waals surface area contributed by atoms with Crippen molar-refractivity contribution in [3.63, 3.8) is 0 Å². The standard InChI is InChI=1S/C27H22BrNO3/c1-31-25-17-20(16-23(28)27(25)32-18-19-8-3-2-4-9-19)14-15-26(30)29-24-13-7-11-21-10-5-6-12-22(21)24/h2-17H,18H2,1H3,(H,29,30). The smallest absolute Gasteiger partial charge is 0.248 e. The van der Waals surface area contributed by atoms with Crippen LogP contribution in [0.15, 0.2) is 95.5 Å². The maximum atomic E-state index is 12.5. The van der Waals surface area contributed by atoms with E-state index in [1.807, 2.05) is 84.9 Å². The van der Waals surface area contributed by atoms with E-state index in [0.29, 0.717) is 18.1 Å². The predicted molar refractivity (Wildman–Crippen MR) is 133 cm³/mol. The molecule has 0 saturated carbocycles. The van der Waals surface area contributed by atoms with Crippen LogP contribution in [0.3, 0.4) is 0 Å². The molecule has 4 aromatic carbocycles. The Morgan fingerprint density at radius 1 is 0.969 bits per heavy atom. The minimum atomic E-state index is -0.208. The molecule has 0 aliphatic rings. The fourth-order valence-corrected chi connectivity index (χ4v) is 3.96. The van der Waals surface area contributed by atoms with Gasteiger partial charge >= 0.3 is 0 Å². The summed E-state index contributed by atoms with van der Waals surface area (Å²) >= 11 is 3.56.